The van der Waals surface area contributed by atoms with Gasteiger partial charge in [0.1, 0.15) is 0 Å². The quantitative estimate of drug-likeness (QED) is 0.315. The highest BCUT2D eigenvalue weighted by Gasteiger charge is 2.14. The van der Waals surface area contributed by atoms with Crippen molar-refractivity contribution in [2.24, 2.45) is 4.99 Å². The highest BCUT2D eigenvalue weighted by atomic mass is 32.2. The van der Waals surface area contributed by atoms with Gasteiger partial charge in [0.25, 0.3) is 0 Å². The first kappa shape index (κ1) is 18.1. The minimum atomic E-state index is 0.516. The van der Waals surface area contributed by atoms with E-state index < -0.39 is 0 Å². The van der Waals surface area contributed by atoms with E-state index in [1.54, 1.807) is 0 Å². The smallest absolute Gasteiger partial charge is 0.191 e. The second-order valence-electron chi connectivity index (χ2n) is 5.72. The standard InChI is InChI=1S/C18H29N3OS/c1-19-18(20-12-7-14-22-16-8-5-6-9-16)21-13-15-23-17-10-3-2-4-11-17/h2-4,10-11,16H,5-9,12-15H2,1H3,(H2,19,20,21). The number of guanidine groups is 1. The molecule has 0 atom stereocenters. The maximum Gasteiger partial charge on any atom is 0.191 e. The summed E-state index contributed by atoms with van der Waals surface area (Å²) in [6.07, 6.45) is 6.70. The van der Waals surface area contributed by atoms with Crippen LogP contribution in [0.3, 0.4) is 0 Å². The predicted molar refractivity (Wildman–Crippen MR) is 99.4 cm³/mol. The monoisotopic (exact) mass is 335 g/mol. The number of rotatable bonds is 9. The highest BCUT2D eigenvalue weighted by Crippen LogP contribution is 2.20. The summed E-state index contributed by atoms with van der Waals surface area (Å²) in [5.41, 5.74) is 0. The summed E-state index contributed by atoms with van der Waals surface area (Å²) in [5, 5.41) is 6.69. The van der Waals surface area contributed by atoms with E-state index in [0.29, 0.717) is 6.10 Å². The maximum atomic E-state index is 5.86. The van der Waals surface area contributed by atoms with Crippen molar-refractivity contribution in [1.29, 1.82) is 0 Å². The Kier molecular flexibility index (Phi) is 8.96. The van der Waals surface area contributed by atoms with Gasteiger partial charge in [-0.25, -0.2) is 0 Å². The molecule has 0 amide bonds. The summed E-state index contributed by atoms with van der Waals surface area (Å²) in [7, 11) is 1.81. The van der Waals surface area contributed by atoms with E-state index in [9.17, 15) is 0 Å². The molecule has 1 saturated carbocycles. The second-order valence-corrected chi connectivity index (χ2v) is 6.89. The highest BCUT2D eigenvalue weighted by molar-refractivity contribution is 7.99. The molecule has 5 heteroatoms. The maximum absolute atomic E-state index is 5.86. The fourth-order valence-corrected chi connectivity index (χ4v) is 3.45. The molecule has 128 valence electrons. The van der Waals surface area contributed by atoms with Gasteiger partial charge in [0.2, 0.25) is 0 Å². The lowest BCUT2D eigenvalue weighted by Crippen LogP contribution is -2.39. The fourth-order valence-electron chi connectivity index (χ4n) is 2.66. The number of thioether (sulfide) groups is 1. The molecule has 4 nitrogen and oxygen atoms in total. The molecule has 1 aromatic carbocycles. The van der Waals surface area contributed by atoms with Crippen molar-refractivity contribution in [3.05, 3.63) is 30.3 Å². The van der Waals surface area contributed by atoms with Crippen LogP contribution < -0.4 is 10.6 Å². The van der Waals surface area contributed by atoms with Crippen LogP contribution in [0.2, 0.25) is 0 Å². The van der Waals surface area contributed by atoms with Gasteiger partial charge in [-0.05, 0) is 31.4 Å². The molecule has 0 aromatic heterocycles. The molecule has 2 N–H and O–H groups in total. The number of nitrogens with zero attached hydrogens (tertiary/aromatic N) is 1. The lowest BCUT2D eigenvalue weighted by Gasteiger charge is -2.13. The van der Waals surface area contributed by atoms with Gasteiger partial charge in [0, 0.05) is 37.4 Å². The molecule has 0 bridgehead atoms. The SMILES string of the molecule is CN=C(NCCCOC1CCCC1)NCCSc1ccccc1. The van der Waals surface area contributed by atoms with Crippen LogP contribution >= 0.6 is 11.8 Å². The average Bonchev–Trinajstić information content (AvgIpc) is 3.11. The summed E-state index contributed by atoms with van der Waals surface area (Å²) in [6.45, 7) is 2.65. The first-order chi connectivity index (χ1) is 11.4. The molecule has 2 rings (SSSR count). The zero-order valence-electron chi connectivity index (χ0n) is 14.1. The molecule has 23 heavy (non-hydrogen) atoms. The number of aliphatic imine (C=N–C) groups is 1. The Bertz CT molecular complexity index is 447. The van der Waals surface area contributed by atoms with Gasteiger partial charge in [-0.3, -0.25) is 4.99 Å². The third-order valence-electron chi connectivity index (χ3n) is 3.90. The number of benzene rings is 1. The Morgan fingerprint density at radius 1 is 1.17 bits per heavy atom. The van der Waals surface area contributed by atoms with E-state index in [2.05, 4.69) is 39.9 Å². The topological polar surface area (TPSA) is 45.7 Å². The van der Waals surface area contributed by atoms with Gasteiger partial charge >= 0.3 is 0 Å². The normalized spacial score (nSPS) is 15.8. The fraction of sp³-hybridized carbons (Fsp3) is 0.611. The van der Waals surface area contributed by atoms with Gasteiger partial charge in [-0.15, -0.1) is 11.8 Å². The van der Waals surface area contributed by atoms with Gasteiger partial charge in [0.05, 0.1) is 6.10 Å². The molecule has 1 fully saturated rings. The van der Waals surface area contributed by atoms with Crippen molar-refractivity contribution >= 4 is 17.7 Å². The average molecular weight is 336 g/mol. The van der Waals surface area contributed by atoms with Crippen LogP contribution in [0.25, 0.3) is 0 Å². The molecular formula is C18H29N3OS. The third-order valence-corrected chi connectivity index (χ3v) is 4.91. The zero-order valence-corrected chi connectivity index (χ0v) is 14.9. The summed E-state index contributed by atoms with van der Waals surface area (Å²) < 4.78 is 5.86. The van der Waals surface area contributed by atoms with Crippen LogP contribution in [0.1, 0.15) is 32.1 Å². The van der Waals surface area contributed by atoms with Crippen molar-refractivity contribution in [3.8, 4) is 0 Å². The van der Waals surface area contributed by atoms with Crippen molar-refractivity contribution in [2.75, 3.05) is 32.5 Å². The lowest BCUT2D eigenvalue weighted by atomic mass is 10.3. The van der Waals surface area contributed by atoms with Crippen LogP contribution in [0.15, 0.2) is 40.2 Å². The van der Waals surface area contributed by atoms with Crippen molar-refractivity contribution in [2.45, 2.75) is 43.1 Å². The summed E-state index contributed by atoms with van der Waals surface area (Å²) >= 11 is 1.85. The van der Waals surface area contributed by atoms with E-state index in [1.807, 2.05) is 24.9 Å². The first-order valence-electron chi connectivity index (χ1n) is 8.62. The first-order valence-corrected chi connectivity index (χ1v) is 9.61. The minimum Gasteiger partial charge on any atom is -0.378 e. The van der Waals surface area contributed by atoms with Crippen LogP contribution in [-0.4, -0.2) is 44.6 Å². The summed E-state index contributed by atoms with van der Waals surface area (Å²) in [6, 6.07) is 10.5. The van der Waals surface area contributed by atoms with E-state index in [0.717, 1.165) is 37.8 Å². The molecule has 0 heterocycles. The molecule has 0 saturated heterocycles. The van der Waals surface area contributed by atoms with Crippen LogP contribution in [-0.2, 0) is 4.74 Å². The van der Waals surface area contributed by atoms with E-state index in [1.165, 1.54) is 30.6 Å². The Hall–Kier alpha value is -1.20. The molecule has 0 unspecified atom stereocenters. The molecule has 1 aliphatic carbocycles. The van der Waals surface area contributed by atoms with Gasteiger partial charge in [0.15, 0.2) is 5.96 Å². The van der Waals surface area contributed by atoms with Crippen LogP contribution in [0.5, 0.6) is 0 Å². The van der Waals surface area contributed by atoms with Gasteiger partial charge in [-0.1, -0.05) is 31.0 Å². The zero-order chi connectivity index (χ0) is 16.2. The molecule has 0 radical (unpaired) electrons. The number of nitrogens with one attached hydrogen (secondary N) is 2. The van der Waals surface area contributed by atoms with Crippen LogP contribution in [0, 0.1) is 0 Å². The predicted octanol–water partition coefficient (Wildman–Crippen LogP) is 3.29. The number of ether oxygens (including phenoxy) is 1. The van der Waals surface area contributed by atoms with E-state index in [4.69, 9.17) is 4.74 Å². The Morgan fingerprint density at radius 2 is 1.91 bits per heavy atom. The van der Waals surface area contributed by atoms with Gasteiger partial charge < -0.3 is 15.4 Å². The largest absolute Gasteiger partial charge is 0.378 e. The van der Waals surface area contributed by atoms with E-state index in [-0.39, 0.29) is 0 Å². The minimum absolute atomic E-state index is 0.516. The molecule has 1 aliphatic rings. The molecule has 1 aromatic rings. The number of hydrogen-bond acceptors (Lipinski definition) is 3. The van der Waals surface area contributed by atoms with Gasteiger partial charge in [-0.2, -0.15) is 0 Å². The second kappa shape index (κ2) is 11.4. The van der Waals surface area contributed by atoms with Crippen LogP contribution in [0.4, 0.5) is 0 Å². The number of hydrogen-bond donors (Lipinski definition) is 2. The molecule has 0 spiro atoms. The Morgan fingerprint density at radius 3 is 2.65 bits per heavy atom. The summed E-state index contributed by atoms with van der Waals surface area (Å²) in [4.78, 5) is 5.56. The Balaban J connectivity index is 1.48. The van der Waals surface area contributed by atoms with Crippen molar-refractivity contribution in [1.82, 2.24) is 10.6 Å². The third kappa shape index (κ3) is 7.75. The van der Waals surface area contributed by atoms with E-state index >= 15 is 0 Å². The summed E-state index contributed by atoms with van der Waals surface area (Å²) in [5.74, 6) is 1.90. The molecular weight excluding hydrogens is 306 g/mol. The lowest BCUT2D eigenvalue weighted by molar-refractivity contribution is 0.0574. The van der Waals surface area contributed by atoms with Crippen molar-refractivity contribution < 1.29 is 4.74 Å². The Labute approximate surface area is 144 Å². The molecule has 0 aliphatic heterocycles. The van der Waals surface area contributed by atoms with Crippen molar-refractivity contribution in [3.63, 3.8) is 0 Å².